The van der Waals surface area contributed by atoms with Crippen molar-refractivity contribution in [3.05, 3.63) is 142 Å². The minimum Gasteiger partial charge on any atom is -0.481 e. The summed E-state index contributed by atoms with van der Waals surface area (Å²) in [5.41, 5.74) is 11.4. The molecule has 2 saturated carbocycles. The number of aliphatic hydroxyl groups is 2. The Morgan fingerprint density at radius 1 is 0.580 bits per heavy atom. The molecule has 0 radical (unpaired) electrons. The van der Waals surface area contributed by atoms with Gasteiger partial charge in [0.25, 0.3) is 0 Å². The number of amides is 1. The van der Waals surface area contributed by atoms with Crippen LogP contribution in [0.3, 0.4) is 0 Å². The lowest BCUT2D eigenvalue weighted by molar-refractivity contribution is -0.137. The lowest BCUT2D eigenvalue weighted by Gasteiger charge is -2.41. The molecule has 4 atom stereocenters. The number of hydrogen-bond acceptors (Lipinski definition) is 11. The average molecular weight is 1180 g/mol. The van der Waals surface area contributed by atoms with Gasteiger partial charge in [0.1, 0.15) is 23.3 Å². The number of carboxylic acid groups (broad SMARTS) is 1. The van der Waals surface area contributed by atoms with Crippen LogP contribution in [0.5, 0.6) is 0 Å². The third-order valence-corrected chi connectivity index (χ3v) is 16.7. The van der Waals surface area contributed by atoms with E-state index in [1.54, 1.807) is 0 Å². The Labute approximate surface area is 477 Å². The van der Waals surface area contributed by atoms with Gasteiger partial charge in [-0.1, -0.05) is 129 Å². The molecular formula is C60H88F4N6O9S2. The van der Waals surface area contributed by atoms with Crippen LogP contribution in [0.25, 0.3) is 0 Å². The van der Waals surface area contributed by atoms with Crippen molar-refractivity contribution in [1.82, 2.24) is 16.0 Å². The molecule has 452 valence electrons. The highest BCUT2D eigenvalue weighted by Crippen LogP contribution is 2.40. The van der Waals surface area contributed by atoms with Gasteiger partial charge in [-0.15, -0.1) is 0 Å². The van der Waals surface area contributed by atoms with Crippen LogP contribution in [0.4, 0.5) is 17.6 Å². The minimum atomic E-state index is -3.71. The number of halogens is 4. The van der Waals surface area contributed by atoms with Crippen LogP contribution in [-0.4, -0.2) is 92.9 Å². The molecule has 81 heavy (non-hydrogen) atoms. The molecule has 1 amide bonds. The highest BCUT2D eigenvalue weighted by Gasteiger charge is 2.37. The van der Waals surface area contributed by atoms with Gasteiger partial charge >= 0.3 is 5.97 Å². The highest BCUT2D eigenvalue weighted by molar-refractivity contribution is 7.89. The highest BCUT2D eigenvalue weighted by atomic mass is 32.2. The second-order valence-corrected chi connectivity index (χ2v) is 27.4. The van der Waals surface area contributed by atoms with Gasteiger partial charge in [-0.25, -0.2) is 44.7 Å². The normalized spacial score (nSPS) is 17.0. The van der Waals surface area contributed by atoms with Crippen molar-refractivity contribution >= 4 is 31.9 Å². The van der Waals surface area contributed by atoms with E-state index in [2.05, 4.69) is 111 Å². The molecule has 0 unspecified atom stereocenters. The summed E-state index contributed by atoms with van der Waals surface area (Å²) < 4.78 is 97.6. The monoisotopic (exact) mass is 1180 g/mol. The summed E-state index contributed by atoms with van der Waals surface area (Å²) in [4.78, 5) is 22.5. The molecule has 4 aromatic rings. The average Bonchev–Trinajstić information content (AvgIpc) is 3.38. The predicted molar refractivity (Wildman–Crippen MR) is 310 cm³/mol. The number of nitrogens with two attached hydrogens (primary N) is 3. The quantitative estimate of drug-likeness (QED) is 0.0318. The van der Waals surface area contributed by atoms with E-state index < -0.39 is 79.5 Å². The smallest absolute Gasteiger partial charge is 0.303 e. The van der Waals surface area contributed by atoms with Crippen LogP contribution in [0.1, 0.15) is 165 Å². The molecule has 0 aliphatic heterocycles. The lowest BCUT2D eigenvalue weighted by atomic mass is 9.74. The summed E-state index contributed by atoms with van der Waals surface area (Å²) in [7, 11) is -7.20. The van der Waals surface area contributed by atoms with Gasteiger partial charge in [0.05, 0.1) is 29.8 Å². The zero-order valence-corrected chi connectivity index (χ0v) is 49.5. The zero-order valence-electron chi connectivity index (χ0n) is 47.9. The predicted octanol–water partition coefficient (Wildman–Crippen LogP) is 8.25. The number of sulfonamides is 2. The van der Waals surface area contributed by atoms with Gasteiger partial charge in [-0.05, 0) is 120 Å². The number of carbonyl (C=O) groups excluding carboxylic acids is 1. The third kappa shape index (κ3) is 24.1. The molecule has 0 bridgehead atoms. The van der Waals surface area contributed by atoms with Crippen molar-refractivity contribution in [2.45, 2.75) is 190 Å². The van der Waals surface area contributed by atoms with E-state index in [4.69, 9.17) is 16.0 Å². The van der Waals surface area contributed by atoms with E-state index in [9.17, 15) is 54.2 Å². The van der Waals surface area contributed by atoms with E-state index in [-0.39, 0.29) is 84.0 Å². The number of primary sulfonamides is 2. The Bertz CT molecular complexity index is 2850. The molecule has 15 nitrogen and oxygen atoms in total. The molecule has 2 aliphatic carbocycles. The molecule has 2 fully saturated rings. The Kier molecular flexibility index (Phi) is 26.0. The zero-order chi connectivity index (χ0) is 60.4. The summed E-state index contributed by atoms with van der Waals surface area (Å²) in [6.45, 7) is 13.6. The van der Waals surface area contributed by atoms with Crippen LogP contribution >= 0.6 is 0 Å². The van der Waals surface area contributed by atoms with Crippen molar-refractivity contribution in [2.75, 3.05) is 24.6 Å². The van der Waals surface area contributed by atoms with Gasteiger partial charge in [-0.2, -0.15) is 0 Å². The summed E-state index contributed by atoms with van der Waals surface area (Å²) in [6, 6.07) is 22.3. The number of benzene rings is 4. The Morgan fingerprint density at radius 2 is 0.963 bits per heavy atom. The van der Waals surface area contributed by atoms with E-state index in [1.807, 2.05) is 0 Å². The van der Waals surface area contributed by atoms with Crippen molar-refractivity contribution < 1.29 is 59.3 Å². The topological polar surface area (TPSA) is 277 Å². The summed E-state index contributed by atoms with van der Waals surface area (Å²) in [5, 5.41) is 49.7. The third-order valence-electron chi connectivity index (χ3n) is 15.0. The van der Waals surface area contributed by atoms with Crippen molar-refractivity contribution in [3.63, 3.8) is 0 Å². The molecule has 0 aromatic heterocycles. The maximum absolute atomic E-state index is 13.9. The maximum atomic E-state index is 13.9. The Balaban J connectivity index is 0.000000304. The standard InChI is InChI=1S/C30H43F2N3O4S.C26H36F2N2O.C4H9NO4S/c1-29(2,3)22-9-7-10-23(18-22)30(12-5-4-6-13-30)34-20-27(36)26(17-21-15-24(31)19-25(32)16-21)35-28(37)11-8-14-40(33,38)39;1-25(2,3)19-8-7-9-20(15-19)26(10-5-4-6-11-26)30-17-24(31)23(29)14-18-12-21(27)16-22(28)13-18;5-10(8,9)3-1-2-4(6)7/h7,9-10,15-16,18-19,26-27,34,36H,4-6,8,11-14,17,20H2,1-3H3,(H,35,37)(H2,33,38,39);7-9,12-13,15-16,23-24,30-31H,4-6,10-11,14,17,29H2,1-3H3;1-3H2,(H,6,7)(H2,5,8,9)/t26-,27+;23-,24+;/m00./s1. The first-order valence-electron chi connectivity index (χ1n) is 27.9. The van der Waals surface area contributed by atoms with Gasteiger partial charge in [0.15, 0.2) is 0 Å². The molecule has 0 saturated heterocycles. The number of aliphatic hydroxyl groups excluding tert-OH is 2. The molecular weight excluding hydrogens is 1090 g/mol. The van der Waals surface area contributed by atoms with Crippen molar-refractivity contribution in [2.24, 2.45) is 16.0 Å². The molecule has 21 heteroatoms. The van der Waals surface area contributed by atoms with Crippen LogP contribution < -0.4 is 32.0 Å². The largest absolute Gasteiger partial charge is 0.481 e. The summed E-state index contributed by atoms with van der Waals surface area (Å²) in [6.07, 6.45) is 8.63. The molecule has 0 spiro atoms. The van der Waals surface area contributed by atoms with Crippen molar-refractivity contribution in [3.8, 4) is 0 Å². The van der Waals surface area contributed by atoms with E-state index in [0.29, 0.717) is 12.1 Å². The summed E-state index contributed by atoms with van der Waals surface area (Å²) >= 11 is 0. The minimum absolute atomic E-state index is 0.00896. The lowest BCUT2D eigenvalue weighted by Crippen LogP contribution is -2.53. The Morgan fingerprint density at radius 3 is 1.35 bits per heavy atom. The molecule has 4 aromatic carbocycles. The number of rotatable bonds is 23. The fourth-order valence-electron chi connectivity index (χ4n) is 10.4. The fraction of sp³-hybridized carbons (Fsp3) is 0.567. The van der Waals surface area contributed by atoms with E-state index >= 15 is 0 Å². The maximum Gasteiger partial charge on any atom is 0.303 e. The number of nitrogens with one attached hydrogen (secondary N) is 3. The molecule has 2 aliphatic rings. The number of carbonyl (C=O) groups is 2. The first-order valence-corrected chi connectivity index (χ1v) is 31.4. The molecule has 0 heterocycles. The second kappa shape index (κ2) is 30.6. The van der Waals surface area contributed by atoms with Gasteiger partial charge in [0, 0.05) is 55.2 Å². The first kappa shape index (κ1) is 68.7. The van der Waals surface area contributed by atoms with Gasteiger partial charge < -0.3 is 37.0 Å². The van der Waals surface area contributed by atoms with E-state index in [1.165, 1.54) is 47.4 Å². The number of hydrogen-bond donors (Lipinski definition) is 9. The van der Waals surface area contributed by atoms with Crippen LogP contribution in [0.15, 0.2) is 84.9 Å². The van der Waals surface area contributed by atoms with Gasteiger partial charge in [-0.3, -0.25) is 9.59 Å². The number of carboxylic acids is 1. The Hall–Kier alpha value is -4.84. The first-order chi connectivity index (χ1) is 37.7. The summed E-state index contributed by atoms with van der Waals surface area (Å²) in [5.74, 6) is -4.86. The second-order valence-electron chi connectivity index (χ2n) is 24.0. The number of aliphatic carboxylic acids is 1. The molecule has 6 rings (SSSR count). The fourth-order valence-corrected chi connectivity index (χ4v) is 11.5. The van der Waals surface area contributed by atoms with E-state index in [0.717, 1.165) is 75.5 Å². The van der Waals surface area contributed by atoms with Crippen LogP contribution in [0, 0.1) is 23.3 Å². The van der Waals surface area contributed by atoms with Crippen molar-refractivity contribution in [1.29, 1.82) is 0 Å². The SMILES string of the molecule is CC(C)(C)c1cccc(C2(NC[C@@H](O)[C@@H](N)Cc3cc(F)cc(F)c3)CCCCC2)c1.CC(C)(C)c1cccc(C2(NC[C@@H](O)[C@H](Cc3cc(F)cc(F)c3)NC(=O)CCCS(N)(=O)=O)CCCCC2)c1.NS(=O)(=O)CCCC(=O)O. The van der Waals surface area contributed by atoms with Crippen LogP contribution in [0.2, 0.25) is 0 Å². The van der Waals surface area contributed by atoms with Crippen LogP contribution in [-0.2, 0) is 64.4 Å². The molecule has 12 N–H and O–H groups in total. The van der Waals surface area contributed by atoms with Gasteiger partial charge in [0.2, 0.25) is 26.0 Å².